The second-order valence-corrected chi connectivity index (χ2v) is 5.99. The van der Waals surface area contributed by atoms with Gasteiger partial charge < -0.3 is 5.73 Å². The van der Waals surface area contributed by atoms with Crippen molar-refractivity contribution in [3.05, 3.63) is 29.3 Å². The molecule has 0 saturated carbocycles. The molecular weight excluding hydrogens is 228 g/mol. The van der Waals surface area contributed by atoms with Crippen LogP contribution in [0.4, 0.5) is 0 Å². The molecule has 0 saturated heterocycles. The van der Waals surface area contributed by atoms with E-state index in [0.29, 0.717) is 12.0 Å². The fraction of sp³-hybridized carbons (Fsp3) is 0.500. The maximum Gasteiger partial charge on any atom is 0.0938 e. The monoisotopic (exact) mass is 248 g/mol. The Balaban J connectivity index is 1.91. The lowest BCUT2D eigenvalue weighted by atomic mass is 10.00. The van der Waals surface area contributed by atoms with Gasteiger partial charge in [0, 0.05) is 6.04 Å². The van der Waals surface area contributed by atoms with Crippen molar-refractivity contribution in [2.45, 2.75) is 39.2 Å². The topological polar surface area (TPSA) is 38.9 Å². The van der Waals surface area contributed by atoms with Crippen LogP contribution < -0.4 is 5.73 Å². The van der Waals surface area contributed by atoms with Crippen molar-refractivity contribution in [2.75, 3.05) is 0 Å². The molecule has 3 heteroatoms. The molecule has 0 aliphatic carbocycles. The van der Waals surface area contributed by atoms with Crippen LogP contribution in [0.3, 0.4) is 0 Å². The number of nitrogens with zero attached hydrogens (tertiary/aromatic N) is 1. The number of fused-ring (bicyclic) bond motifs is 1. The number of para-hydroxylation sites is 1. The summed E-state index contributed by atoms with van der Waals surface area (Å²) in [5, 5.41) is 1.24. The molecule has 92 valence electrons. The van der Waals surface area contributed by atoms with E-state index in [-0.39, 0.29) is 0 Å². The number of aryl methyl sites for hydroxylation is 1. The summed E-state index contributed by atoms with van der Waals surface area (Å²) in [4.78, 5) is 4.63. The summed E-state index contributed by atoms with van der Waals surface area (Å²) in [6, 6.07) is 8.65. The van der Waals surface area contributed by atoms with Gasteiger partial charge in [0.2, 0.25) is 0 Å². The van der Waals surface area contributed by atoms with Gasteiger partial charge in [0.05, 0.1) is 15.2 Å². The van der Waals surface area contributed by atoms with Crippen molar-refractivity contribution in [3.8, 4) is 0 Å². The SMILES string of the molecule is CC(C)C(N)CCCc1nc2ccccc2s1. The highest BCUT2D eigenvalue weighted by Crippen LogP contribution is 2.23. The van der Waals surface area contributed by atoms with Gasteiger partial charge in [0.25, 0.3) is 0 Å². The molecule has 2 aromatic rings. The van der Waals surface area contributed by atoms with Crippen LogP contribution in [0, 0.1) is 5.92 Å². The third kappa shape index (κ3) is 3.27. The third-order valence-corrected chi connectivity index (χ3v) is 4.22. The first-order valence-corrected chi connectivity index (χ1v) is 7.08. The van der Waals surface area contributed by atoms with Crippen molar-refractivity contribution >= 4 is 21.6 Å². The Morgan fingerprint density at radius 2 is 2.06 bits per heavy atom. The molecule has 0 bridgehead atoms. The zero-order chi connectivity index (χ0) is 12.3. The molecule has 0 aliphatic rings. The molecule has 1 unspecified atom stereocenters. The maximum atomic E-state index is 6.04. The first-order valence-electron chi connectivity index (χ1n) is 6.27. The molecule has 1 aromatic heterocycles. The highest BCUT2D eigenvalue weighted by atomic mass is 32.1. The Morgan fingerprint density at radius 3 is 2.76 bits per heavy atom. The lowest BCUT2D eigenvalue weighted by Crippen LogP contribution is -2.26. The normalized spacial score (nSPS) is 13.4. The van der Waals surface area contributed by atoms with E-state index >= 15 is 0 Å². The van der Waals surface area contributed by atoms with E-state index in [2.05, 4.69) is 37.0 Å². The molecule has 0 radical (unpaired) electrons. The zero-order valence-electron chi connectivity index (χ0n) is 10.5. The predicted octanol–water partition coefficient (Wildman–Crippen LogP) is 3.60. The van der Waals surface area contributed by atoms with Gasteiger partial charge in [-0.15, -0.1) is 11.3 Å². The first-order chi connectivity index (χ1) is 8.16. The van der Waals surface area contributed by atoms with E-state index in [0.717, 1.165) is 24.8 Å². The molecule has 1 heterocycles. The van der Waals surface area contributed by atoms with E-state index in [1.807, 2.05) is 6.07 Å². The Labute approximate surface area is 107 Å². The minimum atomic E-state index is 0.323. The first kappa shape index (κ1) is 12.5. The van der Waals surface area contributed by atoms with Crippen LogP contribution in [0.15, 0.2) is 24.3 Å². The molecule has 2 rings (SSSR count). The molecule has 0 aliphatic heterocycles. The molecule has 0 fully saturated rings. The maximum absolute atomic E-state index is 6.04. The largest absolute Gasteiger partial charge is 0.327 e. The number of benzene rings is 1. The third-order valence-electron chi connectivity index (χ3n) is 3.12. The van der Waals surface area contributed by atoms with Crippen LogP contribution in [0.1, 0.15) is 31.7 Å². The van der Waals surface area contributed by atoms with Gasteiger partial charge in [-0.1, -0.05) is 26.0 Å². The van der Waals surface area contributed by atoms with Gasteiger partial charge >= 0.3 is 0 Å². The summed E-state index contributed by atoms with van der Waals surface area (Å²) in [6.07, 6.45) is 3.28. The molecule has 1 aromatic carbocycles. The van der Waals surface area contributed by atoms with Crippen molar-refractivity contribution in [1.82, 2.24) is 4.98 Å². The van der Waals surface area contributed by atoms with E-state index < -0.39 is 0 Å². The van der Waals surface area contributed by atoms with Crippen LogP contribution in [-0.2, 0) is 6.42 Å². The number of nitrogens with two attached hydrogens (primary N) is 1. The molecule has 0 spiro atoms. The van der Waals surface area contributed by atoms with E-state index in [1.165, 1.54) is 9.71 Å². The van der Waals surface area contributed by atoms with Crippen LogP contribution in [-0.4, -0.2) is 11.0 Å². The molecule has 2 N–H and O–H groups in total. The number of rotatable bonds is 5. The van der Waals surface area contributed by atoms with Crippen LogP contribution >= 0.6 is 11.3 Å². The average molecular weight is 248 g/mol. The van der Waals surface area contributed by atoms with E-state index in [1.54, 1.807) is 11.3 Å². The molecular formula is C14H20N2S. The van der Waals surface area contributed by atoms with Gasteiger partial charge in [0.1, 0.15) is 0 Å². The highest BCUT2D eigenvalue weighted by Gasteiger charge is 2.08. The molecule has 0 amide bonds. The fourth-order valence-electron chi connectivity index (χ4n) is 1.85. The minimum Gasteiger partial charge on any atom is -0.327 e. The zero-order valence-corrected chi connectivity index (χ0v) is 11.3. The standard InChI is InChI=1S/C14H20N2S/c1-10(2)11(15)6-5-9-14-16-12-7-3-4-8-13(12)17-14/h3-4,7-8,10-11H,5-6,9,15H2,1-2H3. The van der Waals surface area contributed by atoms with Crippen LogP contribution in [0.2, 0.25) is 0 Å². The highest BCUT2D eigenvalue weighted by molar-refractivity contribution is 7.18. The molecule has 17 heavy (non-hydrogen) atoms. The summed E-state index contributed by atoms with van der Waals surface area (Å²) < 4.78 is 1.29. The van der Waals surface area contributed by atoms with Crippen molar-refractivity contribution < 1.29 is 0 Å². The average Bonchev–Trinajstić information content (AvgIpc) is 2.71. The number of thiazole rings is 1. The minimum absolute atomic E-state index is 0.323. The van der Waals surface area contributed by atoms with Gasteiger partial charge in [0.15, 0.2) is 0 Å². The van der Waals surface area contributed by atoms with Crippen molar-refractivity contribution in [3.63, 3.8) is 0 Å². The van der Waals surface area contributed by atoms with Crippen molar-refractivity contribution in [1.29, 1.82) is 0 Å². The number of hydrogen-bond donors (Lipinski definition) is 1. The second kappa shape index (κ2) is 5.61. The summed E-state index contributed by atoms with van der Waals surface area (Å²) >= 11 is 1.81. The second-order valence-electron chi connectivity index (χ2n) is 4.88. The number of aromatic nitrogens is 1. The van der Waals surface area contributed by atoms with Gasteiger partial charge in [-0.2, -0.15) is 0 Å². The van der Waals surface area contributed by atoms with Gasteiger partial charge in [-0.05, 0) is 37.3 Å². The van der Waals surface area contributed by atoms with E-state index in [9.17, 15) is 0 Å². The van der Waals surface area contributed by atoms with E-state index in [4.69, 9.17) is 5.73 Å². The smallest absolute Gasteiger partial charge is 0.0938 e. The lowest BCUT2D eigenvalue weighted by Gasteiger charge is -2.14. The Kier molecular flexibility index (Phi) is 4.13. The summed E-state index contributed by atoms with van der Waals surface area (Å²) in [6.45, 7) is 4.37. The lowest BCUT2D eigenvalue weighted by molar-refractivity contribution is 0.452. The number of hydrogen-bond acceptors (Lipinski definition) is 3. The molecule has 1 atom stereocenters. The summed E-state index contributed by atoms with van der Waals surface area (Å²) in [5.74, 6) is 0.574. The van der Waals surface area contributed by atoms with Crippen molar-refractivity contribution in [2.24, 2.45) is 11.7 Å². The quantitative estimate of drug-likeness (QED) is 0.878. The van der Waals surface area contributed by atoms with Crippen LogP contribution in [0.25, 0.3) is 10.2 Å². The Hall–Kier alpha value is -0.930. The van der Waals surface area contributed by atoms with Gasteiger partial charge in [-0.25, -0.2) is 4.98 Å². The Bertz CT molecular complexity index is 443. The fourth-order valence-corrected chi connectivity index (χ4v) is 2.86. The summed E-state index contributed by atoms with van der Waals surface area (Å²) in [7, 11) is 0. The summed E-state index contributed by atoms with van der Waals surface area (Å²) in [5.41, 5.74) is 7.16. The predicted molar refractivity (Wildman–Crippen MR) is 75.4 cm³/mol. The van der Waals surface area contributed by atoms with Gasteiger partial charge in [-0.3, -0.25) is 0 Å². The van der Waals surface area contributed by atoms with Crippen LogP contribution in [0.5, 0.6) is 0 Å². The Morgan fingerprint density at radius 1 is 1.29 bits per heavy atom. The molecule has 2 nitrogen and oxygen atoms in total.